The number of amides is 4. The Kier molecular flexibility index (Phi) is 7.38. The van der Waals surface area contributed by atoms with Crippen LogP contribution in [0.25, 0.3) is 0 Å². The fourth-order valence-electron chi connectivity index (χ4n) is 4.37. The lowest BCUT2D eigenvalue weighted by atomic mass is 9.93. The standard InChI is InChI=1S/C20H32N6O3S/c1-4-20(5-2)17(28)25(18(29)22-20)13-16(27)21-12-8-11-15-23-24-19(30-3)26(15)14-9-6-7-10-14/h14H,4-13H2,1-3H3,(H,21,27)(H,22,29). The van der Waals surface area contributed by atoms with Crippen molar-refractivity contribution in [1.82, 2.24) is 30.3 Å². The topological polar surface area (TPSA) is 109 Å². The molecule has 3 rings (SSSR count). The van der Waals surface area contributed by atoms with Gasteiger partial charge in [-0.05, 0) is 38.4 Å². The summed E-state index contributed by atoms with van der Waals surface area (Å²) in [6.45, 7) is 3.93. The van der Waals surface area contributed by atoms with Crippen molar-refractivity contribution in [2.24, 2.45) is 0 Å². The number of hydrogen-bond acceptors (Lipinski definition) is 6. The largest absolute Gasteiger partial charge is 0.355 e. The normalized spacial score (nSPS) is 18.8. The lowest BCUT2D eigenvalue weighted by Gasteiger charge is -2.23. The van der Waals surface area contributed by atoms with Crippen LogP contribution >= 0.6 is 11.8 Å². The van der Waals surface area contributed by atoms with Gasteiger partial charge in [0.05, 0.1) is 0 Å². The summed E-state index contributed by atoms with van der Waals surface area (Å²) in [6, 6.07) is -0.0164. The summed E-state index contributed by atoms with van der Waals surface area (Å²) in [6.07, 6.45) is 9.29. The first-order chi connectivity index (χ1) is 14.5. The van der Waals surface area contributed by atoms with Gasteiger partial charge in [-0.15, -0.1) is 10.2 Å². The van der Waals surface area contributed by atoms with Crippen molar-refractivity contribution in [2.75, 3.05) is 19.3 Å². The van der Waals surface area contributed by atoms with Crippen LogP contribution in [0, 0.1) is 0 Å². The first-order valence-corrected chi connectivity index (χ1v) is 12.1. The van der Waals surface area contributed by atoms with Crippen molar-refractivity contribution < 1.29 is 14.4 Å². The molecule has 0 bridgehead atoms. The molecular formula is C20H32N6O3S. The molecule has 0 radical (unpaired) electrons. The van der Waals surface area contributed by atoms with E-state index in [0.717, 1.165) is 41.6 Å². The van der Waals surface area contributed by atoms with Gasteiger partial charge in [-0.1, -0.05) is 38.5 Å². The van der Waals surface area contributed by atoms with E-state index in [1.165, 1.54) is 12.8 Å². The average molecular weight is 437 g/mol. The number of thioether (sulfide) groups is 1. The van der Waals surface area contributed by atoms with Gasteiger partial charge >= 0.3 is 6.03 Å². The molecule has 0 atom stereocenters. The number of aromatic nitrogens is 3. The summed E-state index contributed by atoms with van der Waals surface area (Å²) in [7, 11) is 0. The smallest absolute Gasteiger partial charge is 0.325 e. The maximum absolute atomic E-state index is 12.6. The minimum absolute atomic E-state index is 0.249. The third kappa shape index (κ3) is 4.48. The number of nitrogens with one attached hydrogen (secondary N) is 2. The van der Waals surface area contributed by atoms with Gasteiger partial charge in [0.15, 0.2) is 5.16 Å². The number of imide groups is 1. The molecule has 0 aromatic carbocycles. The van der Waals surface area contributed by atoms with Gasteiger partial charge in [0.1, 0.15) is 17.9 Å². The zero-order chi connectivity index (χ0) is 21.7. The first-order valence-electron chi connectivity index (χ1n) is 10.8. The predicted molar refractivity (Wildman–Crippen MR) is 114 cm³/mol. The highest BCUT2D eigenvalue weighted by atomic mass is 32.2. The van der Waals surface area contributed by atoms with Crippen LogP contribution < -0.4 is 10.6 Å². The molecule has 1 aromatic rings. The molecule has 2 heterocycles. The highest BCUT2D eigenvalue weighted by molar-refractivity contribution is 7.98. The van der Waals surface area contributed by atoms with Crippen LogP contribution in [-0.2, 0) is 16.0 Å². The third-order valence-electron chi connectivity index (χ3n) is 6.26. The number of aryl methyl sites for hydroxylation is 1. The minimum Gasteiger partial charge on any atom is -0.355 e. The minimum atomic E-state index is -0.878. The van der Waals surface area contributed by atoms with Crippen LogP contribution in [0.3, 0.4) is 0 Å². The predicted octanol–water partition coefficient (Wildman–Crippen LogP) is 2.27. The monoisotopic (exact) mass is 436 g/mol. The second-order valence-electron chi connectivity index (χ2n) is 7.98. The number of hydrogen-bond donors (Lipinski definition) is 2. The van der Waals surface area contributed by atoms with Crippen molar-refractivity contribution >= 4 is 29.6 Å². The average Bonchev–Trinajstić information content (AvgIpc) is 3.46. The molecule has 1 aromatic heterocycles. The molecule has 1 aliphatic carbocycles. The molecule has 0 unspecified atom stereocenters. The van der Waals surface area contributed by atoms with Gasteiger partial charge in [0, 0.05) is 19.0 Å². The van der Waals surface area contributed by atoms with Crippen LogP contribution in [0.2, 0.25) is 0 Å². The van der Waals surface area contributed by atoms with E-state index in [9.17, 15) is 14.4 Å². The fraction of sp³-hybridized carbons (Fsp3) is 0.750. The quantitative estimate of drug-likeness (QED) is 0.331. The van der Waals surface area contributed by atoms with E-state index in [1.54, 1.807) is 11.8 Å². The second-order valence-corrected chi connectivity index (χ2v) is 8.75. The Morgan fingerprint density at radius 1 is 1.23 bits per heavy atom. The maximum Gasteiger partial charge on any atom is 0.325 e. The Bertz CT molecular complexity index is 786. The molecule has 10 heteroatoms. The third-order valence-corrected chi connectivity index (χ3v) is 6.91. The molecule has 0 spiro atoms. The molecule has 2 aliphatic rings. The van der Waals surface area contributed by atoms with Gasteiger partial charge < -0.3 is 15.2 Å². The van der Waals surface area contributed by atoms with E-state index in [4.69, 9.17) is 0 Å². The molecular weight excluding hydrogens is 404 g/mol. The van der Waals surface area contributed by atoms with Crippen LogP contribution in [-0.4, -0.2) is 62.4 Å². The van der Waals surface area contributed by atoms with Crippen LogP contribution in [0.5, 0.6) is 0 Å². The molecule has 166 valence electrons. The lowest BCUT2D eigenvalue weighted by molar-refractivity contribution is -0.135. The molecule has 2 N–H and O–H groups in total. The molecule has 4 amide bonds. The van der Waals surface area contributed by atoms with Gasteiger partial charge in [0.2, 0.25) is 5.91 Å². The van der Waals surface area contributed by atoms with Gasteiger partial charge in [-0.3, -0.25) is 14.5 Å². The Balaban J connectivity index is 1.48. The van der Waals surface area contributed by atoms with Gasteiger partial charge in [-0.2, -0.15) is 0 Å². The molecule has 9 nitrogen and oxygen atoms in total. The molecule has 1 saturated heterocycles. The van der Waals surface area contributed by atoms with E-state index >= 15 is 0 Å². The van der Waals surface area contributed by atoms with Gasteiger partial charge in [0.25, 0.3) is 5.91 Å². The van der Waals surface area contributed by atoms with Crippen LogP contribution in [0.15, 0.2) is 5.16 Å². The van der Waals surface area contributed by atoms with Crippen molar-refractivity contribution in [3.63, 3.8) is 0 Å². The number of rotatable bonds is 10. The van der Waals surface area contributed by atoms with Crippen molar-refractivity contribution in [2.45, 2.75) is 82.0 Å². The van der Waals surface area contributed by atoms with E-state index < -0.39 is 11.6 Å². The number of carbonyl (C=O) groups excluding carboxylic acids is 3. The Morgan fingerprint density at radius 2 is 1.93 bits per heavy atom. The highest BCUT2D eigenvalue weighted by Crippen LogP contribution is 2.33. The molecule has 30 heavy (non-hydrogen) atoms. The van der Waals surface area contributed by atoms with Crippen molar-refractivity contribution in [3.8, 4) is 0 Å². The van der Waals surface area contributed by atoms with Crippen molar-refractivity contribution in [3.05, 3.63) is 5.82 Å². The van der Waals surface area contributed by atoms with Crippen LogP contribution in [0.4, 0.5) is 4.79 Å². The SMILES string of the molecule is CCC1(CC)NC(=O)N(CC(=O)NCCCc2nnc(SC)n2C2CCCC2)C1=O. The molecule has 2 fully saturated rings. The van der Waals surface area contributed by atoms with E-state index in [2.05, 4.69) is 25.4 Å². The molecule has 1 saturated carbocycles. The summed E-state index contributed by atoms with van der Waals surface area (Å²) in [5.41, 5.74) is -0.878. The van der Waals surface area contributed by atoms with E-state index in [1.807, 2.05) is 20.1 Å². The first kappa shape index (κ1) is 22.6. The Morgan fingerprint density at radius 3 is 2.53 bits per heavy atom. The summed E-state index contributed by atoms with van der Waals surface area (Å²) in [4.78, 5) is 38.1. The zero-order valence-electron chi connectivity index (χ0n) is 18.1. The maximum atomic E-state index is 12.6. The summed E-state index contributed by atoms with van der Waals surface area (Å²) < 4.78 is 2.27. The number of carbonyl (C=O) groups is 3. The number of nitrogens with zero attached hydrogens (tertiary/aromatic N) is 4. The zero-order valence-corrected chi connectivity index (χ0v) is 18.9. The highest BCUT2D eigenvalue weighted by Gasteiger charge is 2.49. The summed E-state index contributed by atoms with van der Waals surface area (Å²) in [5.74, 6) is 0.316. The van der Waals surface area contributed by atoms with Gasteiger partial charge in [-0.25, -0.2) is 4.79 Å². The number of urea groups is 1. The van der Waals surface area contributed by atoms with Crippen molar-refractivity contribution in [1.29, 1.82) is 0 Å². The molecule has 1 aliphatic heterocycles. The fourth-order valence-corrected chi connectivity index (χ4v) is 4.94. The summed E-state index contributed by atoms with van der Waals surface area (Å²) in [5, 5.41) is 15.2. The Labute approximate surface area is 181 Å². The summed E-state index contributed by atoms with van der Waals surface area (Å²) >= 11 is 1.61. The Hall–Kier alpha value is -2.10. The van der Waals surface area contributed by atoms with E-state index in [-0.39, 0.29) is 18.4 Å². The van der Waals surface area contributed by atoms with E-state index in [0.29, 0.717) is 25.4 Å². The lowest BCUT2D eigenvalue weighted by Crippen LogP contribution is -2.46. The van der Waals surface area contributed by atoms with Crippen LogP contribution in [0.1, 0.15) is 70.7 Å². The second kappa shape index (κ2) is 9.80.